The van der Waals surface area contributed by atoms with Crippen molar-refractivity contribution in [2.75, 3.05) is 0 Å². The van der Waals surface area contributed by atoms with E-state index in [0.29, 0.717) is 6.08 Å². The summed E-state index contributed by atoms with van der Waals surface area (Å²) in [6, 6.07) is 0. The zero-order valence-corrected chi connectivity index (χ0v) is 14.3. The summed E-state index contributed by atoms with van der Waals surface area (Å²) in [5.41, 5.74) is 0. The molecule has 0 saturated heterocycles. The lowest BCUT2D eigenvalue weighted by Gasteiger charge is -2.19. The molecule has 0 fully saturated rings. The van der Waals surface area contributed by atoms with Gasteiger partial charge in [-0.1, -0.05) is 12.2 Å². The van der Waals surface area contributed by atoms with Crippen LogP contribution in [0.2, 0.25) is 0 Å². The second-order valence-corrected chi connectivity index (χ2v) is 12.1. The van der Waals surface area contributed by atoms with E-state index in [1.165, 1.54) is 0 Å². The van der Waals surface area contributed by atoms with Crippen LogP contribution in [-0.2, 0) is 18.3 Å². The largest absolute Gasteiger partial charge is 0.344 e. The molecule has 0 atom stereocenters. The van der Waals surface area contributed by atoms with E-state index in [0.717, 1.165) is 6.08 Å². The predicted molar refractivity (Wildman–Crippen MR) is 74.1 cm³/mol. The van der Waals surface area contributed by atoms with E-state index in [9.17, 15) is 18.3 Å². The van der Waals surface area contributed by atoms with E-state index in [-0.39, 0.29) is 0 Å². The zero-order chi connectivity index (χ0) is 18.0. The van der Waals surface area contributed by atoms with Crippen molar-refractivity contribution in [3.63, 3.8) is 0 Å². The number of allylic oxidation sites excluding steroid dienone is 2. The predicted octanol–water partition coefficient (Wildman–Crippen LogP) is -0.314. The minimum Gasteiger partial charge on any atom is -0.324 e. The fourth-order valence-corrected chi connectivity index (χ4v) is 6.21. The van der Waals surface area contributed by atoms with Gasteiger partial charge in [0.25, 0.3) is 0 Å². The van der Waals surface area contributed by atoms with Gasteiger partial charge in [0.1, 0.15) is 0 Å². The monoisotopic (exact) mass is 404 g/mol. The smallest absolute Gasteiger partial charge is 0.324 e. The fraction of sp³-hybridized carbons (Fsp3) is 0.667. The molecular weight excluding hydrogens is 388 g/mol. The van der Waals surface area contributed by atoms with Gasteiger partial charge in [0, 0.05) is 0 Å². The van der Waals surface area contributed by atoms with Gasteiger partial charge in [-0.3, -0.25) is 18.3 Å². The Morgan fingerprint density at radius 1 is 0.682 bits per heavy atom. The molecule has 0 spiro atoms. The molecule has 16 heteroatoms. The van der Waals surface area contributed by atoms with Gasteiger partial charge in [0.05, 0.1) is 0 Å². The Kier molecular flexibility index (Phi) is 7.60. The van der Waals surface area contributed by atoms with E-state index >= 15 is 0 Å². The van der Waals surface area contributed by atoms with E-state index in [1.54, 1.807) is 0 Å². The summed E-state index contributed by atoms with van der Waals surface area (Å²) in [5, 5.41) is -4.75. The Bertz CT molecular complexity index is 543. The Balaban J connectivity index is 5.07. The summed E-state index contributed by atoms with van der Waals surface area (Å²) < 4.78 is 43.8. The van der Waals surface area contributed by atoms with Gasteiger partial charge in [0.15, 0.2) is 10.8 Å². The SMILES string of the molecule is O=P(O)(O)C(/C=C/CCC(P(=O)(O)O)P(=O)(O)O)P(=O)(O)O. The third kappa shape index (κ3) is 7.75. The summed E-state index contributed by atoms with van der Waals surface area (Å²) >= 11 is 0. The van der Waals surface area contributed by atoms with Crippen molar-refractivity contribution in [3.05, 3.63) is 12.2 Å². The van der Waals surface area contributed by atoms with Crippen LogP contribution in [0.1, 0.15) is 12.8 Å². The van der Waals surface area contributed by atoms with Gasteiger partial charge in [-0.2, -0.15) is 0 Å². The van der Waals surface area contributed by atoms with Crippen LogP contribution in [-0.4, -0.2) is 49.9 Å². The Morgan fingerprint density at radius 3 is 1.32 bits per heavy atom. The molecule has 8 N–H and O–H groups in total. The maximum absolute atomic E-state index is 11.0. The van der Waals surface area contributed by atoms with E-state index in [1.807, 2.05) is 0 Å². The molecule has 0 aliphatic rings. The minimum absolute atomic E-state index is 0.456. The highest BCUT2D eigenvalue weighted by atomic mass is 31.2. The van der Waals surface area contributed by atoms with Gasteiger partial charge in [0.2, 0.25) is 0 Å². The highest BCUT2D eigenvalue weighted by molar-refractivity contribution is 7.71. The van der Waals surface area contributed by atoms with Gasteiger partial charge in [-0.25, -0.2) is 0 Å². The lowest BCUT2D eigenvalue weighted by Crippen LogP contribution is -2.09. The average molecular weight is 404 g/mol. The summed E-state index contributed by atoms with van der Waals surface area (Å²) in [6.45, 7) is 0. The lowest BCUT2D eigenvalue weighted by molar-refractivity contribution is 0.333. The first kappa shape index (κ1) is 22.3. The molecule has 12 nitrogen and oxygen atoms in total. The van der Waals surface area contributed by atoms with E-state index in [4.69, 9.17) is 39.1 Å². The molecule has 0 radical (unpaired) electrons. The maximum atomic E-state index is 11.0. The maximum Gasteiger partial charge on any atom is 0.344 e. The second kappa shape index (κ2) is 7.49. The van der Waals surface area contributed by atoms with Crippen molar-refractivity contribution in [2.24, 2.45) is 0 Å². The standard InChI is InChI=1S/C6H16O12P4/c7-19(8,9)5(20(10,11)12)3-1-2-4-6(21(13,14)15)22(16,17)18/h1,3,5-6H,2,4H2,(H2,7,8,9)(H2,10,11,12)(H2,13,14,15)(H2,16,17,18)/b3-1+. The topological polar surface area (TPSA) is 230 Å². The van der Waals surface area contributed by atoms with Crippen LogP contribution in [0.4, 0.5) is 0 Å². The fourth-order valence-electron chi connectivity index (χ4n) is 1.42. The molecule has 22 heavy (non-hydrogen) atoms. The van der Waals surface area contributed by atoms with Crippen LogP contribution in [0, 0.1) is 0 Å². The highest BCUT2D eigenvalue weighted by Crippen LogP contribution is 2.62. The molecule has 0 aromatic carbocycles. The molecule has 0 bridgehead atoms. The van der Waals surface area contributed by atoms with Crippen molar-refractivity contribution in [3.8, 4) is 0 Å². The average Bonchev–Trinajstić information content (AvgIpc) is 2.14. The van der Waals surface area contributed by atoms with Gasteiger partial charge < -0.3 is 39.1 Å². The molecule has 0 aromatic rings. The third-order valence-corrected chi connectivity index (χ3v) is 9.77. The minimum atomic E-state index is -5.18. The third-order valence-electron chi connectivity index (χ3n) is 2.37. The number of hydrogen-bond acceptors (Lipinski definition) is 4. The molecule has 132 valence electrons. The first-order chi connectivity index (χ1) is 9.47. The molecule has 0 amide bonds. The Morgan fingerprint density at radius 2 is 1.05 bits per heavy atom. The normalized spacial score (nSPS) is 15.2. The van der Waals surface area contributed by atoms with Gasteiger partial charge in [-0.15, -0.1) is 0 Å². The molecule has 0 aliphatic carbocycles. The Hall–Kier alpha value is 0.340. The molecule has 0 rings (SSSR count). The van der Waals surface area contributed by atoms with Crippen LogP contribution in [0.15, 0.2) is 12.2 Å². The van der Waals surface area contributed by atoms with Gasteiger partial charge >= 0.3 is 30.4 Å². The summed E-state index contributed by atoms with van der Waals surface area (Å²) in [6.07, 6.45) is 0.0105. The molecule has 0 saturated carbocycles. The first-order valence-corrected chi connectivity index (χ1v) is 12.1. The molecule has 0 unspecified atom stereocenters. The first-order valence-electron chi connectivity index (χ1n) is 5.35. The van der Waals surface area contributed by atoms with Crippen molar-refractivity contribution >= 4 is 30.4 Å². The summed E-state index contributed by atoms with van der Waals surface area (Å²) in [4.78, 5) is 70.5. The van der Waals surface area contributed by atoms with Gasteiger partial charge in [-0.05, 0) is 12.8 Å². The number of rotatable bonds is 8. The summed E-state index contributed by atoms with van der Waals surface area (Å²) in [5.74, 6) is 0. The van der Waals surface area contributed by atoms with Crippen LogP contribution >= 0.6 is 30.4 Å². The van der Waals surface area contributed by atoms with Crippen LogP contribution < -0.4 is 0 Å². The van der Waals surface area contributed by atoms with Crippen LogP contribution in [0.5, 0.6) is 0 Å². The van der Waals surface area contributed by atoms with E-state index in [2.05, 4.69) is 0 Å². The molecule has 0 aromatic heterocycles. The van der Waals surface area contributed by atoms with E-state index < -0.39 is 54.0 Å². The van der Waals surface area contributed by atoms with Crippen molar-refractivity contribution < 1.29 is 57.4 Å². The highest BCUT2D eigenvalue weighted by Gasteiger charge is 2.43. The molecule has 0 aliphatic heterocycles. The summed E-state index contributed by atoms with van der Waals surface area (Å²) in [7, 11) is -20.6. The van der Waals surface area contributed by atoms with Crippen molar-refractivity contribution in [2.45, 2.75) is 23.6 Å². The van der Waals surface area contributed by atoms with Crippen molar-refractivity contribution in [1.29, 1.82) is 0 Å². The van der Waals surface area contributed by atoms with Crippen molar-refractivity contribution in [1.82, 2.24) is 0 Å². The molecule has 0 heterocycles. The van der Waals surface area contributed by atoms with Crippen LogP contribution in [0.25, 0.3) is 0 Å². The zero-order valence-electron chi connectivity index (χ0n) is 10.7. The number of hydrogen-bond donors (Lipinski definition) is 8. The molecular formula is C6H16O12P4. The quantitative estimate of drug-likeness (QED) is 0.192. The van der Waals surface area contributed by atoms with Crippen LogP contribution in [0.3, 0.4) is 0 Å². The second-order valence-electron chi connectivity index (χ2n) is 4.26. The Labute approximate surface area is 124 Å². The lowest BCUT2D eigenvalue weighted by atomic mass is 10.3.